The van der Waals surface area contributed by atoms with Crippen molar-refractivity contribution in [2.75, 3.05) is 18.8 Å². The van der Waals surface area contributed by atoms with E-state index in [4.69, 9.17) is 5.73 Å². The summed E-state index contributed by atoms with van der Waals surface area (Å²) in [7, 11) is 0. The Kier molecular flexibility index (Phi) is 5.45. The molecule has 0 atom stereocenters. The molecule has 0 radical (unpaired) electrons. The predicted octanol–water partition coefficient (Wildman–Crippen LogP) is 0.433. The zero-order valence-corrected chi connectivity index (χ0v) is 11.0. The number of rotatable bonds is 6. The van der Waals surface area contributed by atoms with Crippen LogP contribution in [0.4, 0.5) is 11.4 Å². The first-order valence-corrected chi connectivity index (χ1v) is 6.04. The lowest BCUT2D eigenvalue weighted by Gasteiger charge is -2.06. The summed E-state index contributed by atoms with van der Waals surface area (Å²) in [6.07, 6.45) is 0.107. The first-order chi connectivity index (χ1) is 9.45. The molecule has 1 aromatic carbocycles. The molecule has 1 rings (SSSR count). The SMILES string of the molecule is CCNC(=O)CCNC(=O)c1cc(N)ccc1[N+](=O)[O-]. The van der Waals surface area contributed by atoms with Crippen LogP contribution in [0.5, 0.6) is 0 Å². The van der Waals surface area contributed by atoms with Crippen LogP contribution in [0.25, 0.3) is 0 Å². The van der Waals surface area contributed by atoms with Crippen LogP contribution in [0.15, 0.2) is 18.2 Å². The number of anilines is 1. The van der Waals surface area contributed by atoms with Crippen molar-refractivity contribution >= 4 is 23.2 Å². The van der Waals surface area contributed by atoms with Gasteiger partial charge in [0, 0.05) is 31.3 Å². The summed E-state index contributed by atoms with van der Waals surface area (Å²) >= 11 is 0. The van der Waals surface area contributed by atoms with Crippen molar-refractivity contribution in [3.8, 4) is 0 Å². The van der Waals surface area contributed by atoms with Crippen LogP contribution in [-0.4, -0.2) is 29.8 Å². The number of hydrogen-bond donors (Lipinski definition) is 3. The van der Waals surface area contributed by atoms with Crippen LogP contribution in [0, 0.1) is 10.1 Å². The van der Waals surface area contributed by atoms with E-state index in [-0.39, 0.29) is 35.8 Å². The summed E-state index contributed by atoms with van der Waals surface area (Å²) in [5.74, 6) is -0.830. The number of nitrogens with zero attached hydrogens (tertiary/aromatic N) is 1. The second-order valence-electron chi connectivity index (χ2n) is 3.99. The topological polar surface area (TPSA) is 127 Å². The third kappa shape index (κ3) is 4.23. The summed E-state index contributed by atoms with van der Waals surface area (Å²) in [6, 6.07) is 3.76. The van der Waals surface area contributed by atoms with Crippen LogP contribution in [0.2, 0.25) is 0 Å². The van der Waals surface area contributed by atoms with Gasteiger partial charge in [0.05, 0.1) is 4.92 Å². The molecule has 20 heavy (non-hydrogen) atoms. The Morgan fingerprint density at radius 1 is 1.35 bits per heavy atom. The normalized spacial score (nSPS) is 9.85. The molecule has 108 valence electrons. The Labute approximate surface area is 115 Å². The fourth-order valence-corrected chi connectivity index (χ4v) is 1.57. The minimum atomic E-state index is -0.655. The number of nitrogens with one attached hydrogen (secondary N) is 2. The van der Waals surface area contributed by atoms with Gasteiger partial charge in [-0.1, -0.05) is 0 Å². The fourth-order valence-electron chi connectivity index (χ4n) is 1.57. The molecule has 8 nitrogen and oxygen atoms in total. The molecule has 0 aliphatic heterocycles. The molecule has 0 spiro atoms. The lowest BCUT2D eigenvalue weighted by atomic mass is 10.1. The van der Waals surface area contributed by atoms with Gasteiger partial charge in [0.15, 0.2) is 0 Å². The van der Waals surface area contributed by atoms with E-state index in [2.05, 4.69) is 10.6 Å². The first kappa shape index (κ1) is 15.4. The Hall–Kier alpha value is -2.64. The van der Waals surface area contributed by atoms with Crippen LogP contribution in [0.1, 0.15) is 23.7 Å². The number of nitro benzene ring substituents is 1. The highest BCUT2D eigenvalue weighted by molar-refractivity contribution is 5.99. The van der Waals surface area contributed by atoms with Gasteiger partial charge in [0.25, 0.3) is 11.6 Å². The number of nitrogen functional groups attached to an aromatic ring is 1. The smallest absolute Gasteiger partial charge is 0.282 e. The average Bonchev–Trinajstić information content (AvgIpc) is 2.38. The molecule has 0 aliphatic carbocycles. The van der Waals surface area contributed by atoms with E-state index in [1.54, 1.807) is 6.92 Å². The molecular formula is C12H16N4O4. The molecular weight excluding hydrogens is 264 g/mol. The molecule has 0 fully saturated rings. The summed E-state index contributed by atoms with van der Waals surface area (Å²) in [5.41, 5.74) is 5.33. The summed E-state index contributed by atoms with van der Waals surface area (Å²) in [5, 5.41) is 15.9. The number of carbonyl (C=O) groups excluding carboxylic acids is 2. The maximum atomic E-state index is 11.9. The van der Waals surface area contributed by atoms with Crippen molar-refractivity contribution in [2.24, 2.45) is 0 Å². The van der Waals surface area contributed by atoms with Gasteiger partial charge in [-0.2, -0.15) is 0 Å². The quantitative estimate of drug-likeness (QED) is 0.395. The Morgan fingerprint density at radius 2 is 2.05 bits per heavy atom. The maximum Gasteiger partial charge on any atom is 0.282 e. The van der Waals surface area contributed by atoms with Crippen LogP contribution >= 0.6 is 0 Å². The second-order valence-corrected chi connectivity index (χ2v) is 3.99. The van der Waals surface area contributed by atoms with Crippen LogP contribution < -0.4 is 16.4 Å². The van der Waals surface area contributed by atoms with Crippen LogP contribution in [0.3, 0.4) is 0 Å². The second kappa shape index (κ2) is 7.07. The fraction of sp³-hybridized carbons (Fsp3) is 0.333. The van der Waals surface area contributed by atoms with Crippen molar-refractivity contribution in [1.29, 1.82) is 0 Å². The largest absolute Gasteiger partial charge is 0.399 e. The molecule has 4 N–H and O–H groups in total. The lowest BCUT2D eigenvalue weighted by Crippen LogP contribution is -2.30. The zero-order valence-electron chi connectivity index (χ0n) is 11.0. The highest BCUT2D eigenvalue weighted by Gasteiger charge is 2.20. The third-order valence-corrected chi connectivity index (χ3v) is 2.47. The molecule has 8 heteroatoms. The van der Waals surface area contributed by atoms with E-state index in [0.717, 1.165) is 0 Å². The molecule has 1 aromatic rings. The van der Waals surface area contributed by atoms with Gasteiger partial charge in [-0.3, -0.25) is 19.7 Å². The van der Waals surface area contributed by atoms with Gasteiger partial charge >= 0.3 is 0 Å². The van der Waals surface area contributed by atoms with Gasteiger partial charge in [0.2, 0.25) is 5.91 Å². The minimum absolute atomic E-state index is 0.0939. The average molecular weight is 280 g/mol. The molecule has 0 saturated carbocycles. The molecule has 0 saturated heterocycles. The van der Waals surface area contributed by atoms with Crippen molar-refractivity contribution < 1.29 is 14.5 Å². The van der Waals surface area contributed by atoms with Crippen LogP contribution in [-0.2, 0) is 4.79 Å². The van der Waals surface area contributed by atoms with E-state index in [0.29, 0.717) is 6.54 Å². The van der Waals surface area contributed by atoms with E-state index in [9.17, 15) is 19.7 Å². The highest BCUT2D eigenvalue weighted by Crippen LogP contribution is 2.20. The number of nitro groups is 1. The predicted molar refractivity (Wildman–Crippen MR) is 73.1 cm³/mol. The molecule has 2 amide bonds. The van der Waals surface area contributed by atoms with Gasteiger partial charge in [-0.05, 0) is 19.1 Å². The first-order valence-electron chi connectivity index (χ1n) is 6.04. The maximum absolute atomic E-state index is 11.9. The monoisotopic (exact) mass is 280 g/mol. The molecule has 0 heterocycles. The molecule has 0 aliphatic rings. The van der Waals surface area contributed by atoms with Crippen molar-refractivity contribution in [3.05, 3.63) is 33.9 Å². The van der Waals surface area contributed by atoms with Gasteiger partial charge < -0.3 is 16.4 Å². The van der Waals surface area contributed by atoms with Gasteiger partial charge in [0.1, 0.15) is 5.56 Å². The molecule has 0 unspecified atom stereocenters. The number of nitrogens with two attached hydrogens (primary N) is 1. The van der Waals surface area contributed by atoms with Gasteiger partial charge in [-0.15, -0.1) is 0 Å². The summed E-state index contributed by atoms with van der Waals surface area (Å²) in [6.45, 7) is 2.39. The van der Waals surface area contributed by atoms with E-state index in [1.807, 2.05) is 0 Å². The standard InChI is InChI=1S/C12H16N4O4/c1-2-14-11(17)5-6-15-12(18)9-7-8(13)3-4-10(9)16(19)20/h3-4,7H,2,5-6,13H2,1H3,(H,14,17)(H,15,18). The third-order valence-electron chi connectivity index (χ3n) is 2.47. The molecule has 0 bridgehead atoms. The van der Waals surface area contributed by atoms with Crippen molar-refractivity contribution in [2.45, 2.75) is 13.3 Å². The Bertz CT molecular complexity index is 530. The Balaban J connectivity index is 2.70. The zero-order chi connectivity index (χ0) is 15.1. The Morgan fingerprint density at radius 3 is 2.65 bits per heavy atom. The van der Waals surface area contributed by atoms with E-state index < -0.39 is 10.8 Å². The summed E-state index contributed by atoms with van der Waals surface area (Å²) < 4.78 is 0. The minimum Gasteiger partial charge on any atom is -0.399 e. The van der Waals surface area contributed by atoms with Gasteiger partial charge in [-0.25, -0.2) is 0 Å². The van der Waals surface area contributed by atoms with E-state index >= 15 is 0 Å². The molecule has 0 aromatic heterocycles. The number of amides is 2. The van der Waals surface area contributed by atoms with Crippen molar-refractivity contribution in [1.82, 2.24) is 10.6 Å². The lowest BCUT2D eigenvalue weighted by molar-refractivity contribution is -0.385. The highest BCUT2D eigenvalue weighted by atomic mass is 16.6. The van der Waals surface area contributed by atoms with Crippen molar-refractivity contribution in [3.63, 3.8) is 0 Å². The summed E-state index contributed by atoms with van der Waals surface area (Å²) in [4.78, 5) is 33.2. The number of benzene rings is 1. The van der Waals surface area contributed by atoms with E-state index in [1.165, 1.54) is 18.2 Å². The number of carbonyl (C=O) groups is 2. The number of hydrogen-bond acceptors (Lipinski definition) is 5.